The second-order valence-electron chi connectivity index (χ2n) is 6.60. The first-order chi connectivity index (χ1) is 15.1. The summed E-state index contributed by atoms with van der Waals surface area (Å²) in [5.41, 5.74) is 0.330. The van der Waals surface area contributed by atoms with Crippen LogP contribution in [-0.4, -0.2) is 25.3 Å². The molecule has 32 heavy (non-hydrogen) atoms. The molecule has 0 N–H and O–H groups in total. The van der Waals surface area contributed by atoms with Gasteiger partial charge >= 0.3 is 6.18 Å². The van der Waals surface area contributed by atoms with Crippen molar-refractivity contribution in [2.24, 2.45) is 0 Å². The largest absolute Gasteiger partial charge is 0.454 e. The highest BCUT2D eigenvalue weighted by molar-refractivity contribution is 7.92. The number of nitrogens with zero attached hydrogens (tertiary/aromatic N) is 3. The summed E-state index contributed by atoms with van der Waals surface area (Å²) in [6.45, 7) is -0.402. The molecule has 0 spiro atoms. The quantitative estimate of drug-likeness (QED) is 0.469. The Kier molecular flexibility index (Phi) is 6.64. The fraction of sp³-hybridized carbons (Fsp3) is 0.143. The topological polar surface area (TPSA) is 83.3 Å². The van der Waals surface area contributed by atoms with Crippen molar-refractivity contribution in [3.8, 4) is 17.6 Å². The van der Waals surface area contributed by atoms with Crippen molar-refractivity contribution in [1.29, 1.82) is 5.26 Å². The van der Waals surface area contributed by atoms with Crippen molar-refractivity contribution in [3.05, 3.63) is 83.9 Å². The summed E-state index contributed by atoms with van der Waals surface area (Å²) < 4.78 is 84.1. The number of hydrogen-bond acceptors (Lipinski definition) is 5. The number of nitriles is 1. The zero-order valence-corrected chi connectivity index (χ0v) is 17.1. The van der Waals surface area contributed by atoms with Crippen molar-refractivity contribution in [2.45, 2.75) is 12.7 Å². The average Bonchev–Trinajstić information content (AvgIpc) is 2.72. The second kappa shape index (κ2) is 9.23. The highest BCUT2D eigenvalue weighted by atomic mass is 32.2. The Bertz CT molecular complexity index is 1240. The smallest absolute Gasteiger partial charge is 0.404 e. The van der Waals surface area contributed by atoms with E-state index in [0.29, 0.717) is 9.87 Å². The normalized spacial score (nSPS) is 11.6. The van der Waals surface area contributed by atoms with E-state index >= 15 is 0 Å². The van der Waals surface area contributed by atoms with Gasteiger partial charge in [0, 0.05) is 18.5 Å². The number of benzene rings is 2. The lowest BCUT2D eigenvalue weighted by Crippen LogP contribution is -2.37. The van der Waals surface area contributed by atoms with E-state index in [9.17, 15) is 26.0 Å². The molecule has 2 aromatic carbocycles. The summed E-state index contributed by atoms with van der Waals surface area (Å²) in [4.78, 5) is 3.85. The average molecular weight is 465 g/mol. The van der Waals surface area contributed by atoms with Crippen LogP contribution in [-0.2, 0) is 16.6 Å². The van der Waals surface area contributed by atoms with E-state index in [1.54, 1.807) is 6.07 Å². The zero-order chi connectivity index (χ0) is 23.4. The molecule has 0 atom stereocenters. The van der Waals surface area contributed by atoms with Gasteiger partial charge in [0.2, 0.25) is 10.0 Å². The van der Waals surface area contributed by atoms with Crippen LogP contribution in [0.4, 0.5) is 23.2 Å². The Balaban J connectivity index is 1.97. The molecule has 0 radical (unpaired) electrons. The SMILES string of the molecule is N#Cc1ccc(Oc2cccc(N(Cc3cccnc3)S(=O)(=O)CC(F)(F)F)c2)c(F)c1. The second-order valence-corrected chi connectivity index (χ2v) is 8.49. The molecule has 0 aliphatic carbocycles. The molecule has 0 amide bonds. The Labute approximate surface area is 181 Å². The summed E-state index contributed by atoms with van der Waals surface area (Å²) in [5, 5.41) is 8.81. The minimum absolute atomic E-state index is 0.00972. The van der Waals surface area contributed by atoms with Crippen LogP contribution in [0.5, 0.6) is 11.5 Å². The Morgan fingerprint density at radius 1 is 1.09 bits per heavy atom. The van der Waals surface area contributed by atoms with Crippen LogP contribution >= 0.6 is 0 Å². The van der Waals surface area contributed by atoms with Crippen molar-refractivity contribution in [1.82, 2.24) is 4.98 Å². The minimum atomic E-state index is -4.95. The number of hydrogen-bond donors (Lipinski definition) is 0. The first-order valence-electron chi connectivity index (χ1n) is 9.01. The molecule has 0 saturated heterocycles. The number of pyridine rings is 1. The third-order valence-electron chi connectivity index (χ3n) is 4.13. The predicted octanol–water partition coefficient (Wildman–Crippen LogP) is 4.78. The number of anilines is 1. The van der Waals surface area contributed by atoms with E-state index in [-0.39, 0.29) is 22.7 Å². The number of ether oxygens (including phenoxy) is 1. The number of rotatable bonds is 7. The van der Waals surface area contributed by atoms with E-state index in [1.807, 2.05) is 0 Å². The van der Waals surface area contributed by atoms with E-state index in [2.05, 4.69) is 4.98 Å². The monoisotopic (exact) mass is 465 g/mol. The third kappa shape index (κ3) is 5.95. The lowest BCUT2D eigenvalue weighted by molar-refractivity contribution is -0.106. The number of aromatic nitrogens is 1. The minimum Gasteiger partial charge on any atom is -0.454 e. The summed E-state index contributed by atoms with van der Waals surface area (Å²) in [5.74, 6) is -3.13. The van der Waals surface area contributed by atoms with E-state index in [1.165, 1.54) is 60.9 Å². The number of halogens is 4. The van der Waals surface area contributed by atoms with Gasteiger partial charge in [0.15, 0.2) is 17.3 Å². The van der Waals surface area contributed by atoms with Crippen molar-refractivity contribution >= 4 is 15.7 Å². The molecule has 0 bridgehead atoms. The van der Waals surface area contributed by atoms with Gasteiger partial charge in [-0.05, 0) is 42.0 Å². The lowest BCUT2D eigenvalue weighted by atomic mass is 10.2. The molecule has 166 valence electrons. The van der Waals surface area contributed by atoms with Gasteiger partial charge in [-0.15, -0.1) is 0 Å². The van der Waals surface area contributed by atoms with Gasteiger partial charge in [-0.1, -0.05) is 12.1 Å². The molecule has 1 heterocycles. The maximum Gasteiger partial charge on any atom is 0.404 e. The van der Waals surface area contributed by atoms with Crippen LogP contribution in [0.2, 0.25) is 0 Å². The summed E-state index contributed by atoms with van der Waals surface area (Å²) in [7, 11) is -4.82. The van der Waals surface area contributed by atoms with Crippen molar-refractivity contribution in [3.63, 3.8) is 0 Å². The third-order valence-corrected chi connectivity index (χ3v) is 5.83. The molecule has 11 heteroatoms. The number of alkyl halides is 3. The van der Waals surface area contributed by atoms with Gasteiger partial charge in [-0.25, -0.2) is 12.8 Å². The molecule has 1 aromatic heterocycles. The van der Waals surface area contributed by atoms with E-state index < -0.39 is 34.3 Å². The summed E-state index contributed by atoms with van der Waals surface area (Å²) >= 11 is 0. The summed E-state index contributed by atoms with van der Waals surface area (Å²) in [6.07, 6.45) is -2.17. The first-order valence-corrected chi connectivity index (χ1v) is 10.6. The van der Waals surface area contributed by atoms with Gasteiger partial charge in [0.05, 0.1) is 23.9 Å². The van der Waals surface area contributed by atoms with Crippen LogP contribution in [0.25, 0.3) is 0 Å². The van der Waals surface area contributed by atoms with Gasteiger partial charge in [0.1, 0.15) is 5.75 Å². The number of sulfonamides is 1. The van der Waals surface area contributed by atoms with Crippen LogP contribution in [0, 0.1) is 17.1 Å². The molecule has 6 nitrogen and oxygen atoms in total. The lowest BCUT2D eigenvalue weighted by Gasteiger charge is -2.25. The van der Waals surface area contributed by atoms with Gasteiger partial charge in [-0.2, -0.15) is 18.4 Å². The Morgan fingerprint density at radius 3 is 2.50 bits per heavy atom. The van der Waals surface area contributed by atoms with Gasteiger partial charge in [0.25, 0.3) is 0 Å². The Hall–Kier alpha value is -3.65. The molecular weight excluding hydrogens is 450 g/mol. The van der Waals surface area contributed by atoms with Gasteiger partial charge < -0.3 is 4.74 Å². The van der Waals surface area contributed by atoms with E-state index in [4.69, 9.17) is 10.00 Å². The standard InChI is InChI=1S/C21H15F4N3O3S/c22-19-9-15(11-26)6-7-20(19)31-18-5-1-4-17(10-18)28(13-16-3-2-8-27-12-16)32(29,30)14-21(23,24)25/h1-10,12H,13-14H2. The zero-order valence-electron chi connectivity index (χ0n) is 16.3. The maximum absolute atomic E-state index is 14.1. The molecule has 0 fully saturated rings. The molecule has 3 aromatic rings. The fourth-order valence-electron chi connectivity index (χ4n) is 2.77. The predicted molar refractivity (Wildman–Crippen MR) is 108 cm³/mol. The van der Waals surface area contributed by atoms with E-state index in [0.717, 1.165) is 6.07 Å². The first kappa shape index (κ1) is 23.0. The van der Waals surface area contributed by atoms with Gasteiger partial charge in [-0.3, -0.25) is 9.29 Å². The maximum atomic E-state index is 14.1. The van der Waals surface area contributed by atoms with Crippen LogP contribution in [0.1, 0.15) is 11.1 Å². The fourth-order valence-corrected chi connectivity index (χ4v) is 4.12. The molecular formula is C21H15F4N3O3S. The molecule has 0 unspecified atom stereocenters. The van der Waals surface area contributed by atoms with Crippen molar-refractivity contribution in [2.75, 3.05) is 10.1 Å². The molecule has 0 aliphatic rings. The Morgan fingerprint density at radius 2 is 1.88 bits per heavy atom. The van der Waals surface area contributed by atoms with Crippen LogP contribution in [0.15, 0.2) is 67.0 Å². The van der Waals surface area contributed by atoms with Crippen LogP contribution < -0.4 is 9.04 Å². The highest BCUT2D eigenvalue weighted by Crippen LogP contribution is 2.31. The van der Waals surface area contributed by atoms with Crippen molar-refractivity contribution < 1.29 is 30.7 Å². The molecule has 0 saturated carbocycles. The highest BCUT2D eigenvalue weighted by Gasteiger charge is 2.38. The summed E-state index contributed by atoms with van der Waals surface area (Å²) in [6, 6.07) is 13.6. The molecule has 0 aliphatic heterocycles. The molecule has 3 rings (SSSR count). The van der Waals surface area contributed by atoms with Crippen LogP contribution in [0.3, 0.4) is 0 Å².